The number of aromatic nitrogens is 8. The molecule has 3 aromatic heterocycles. The van der Waals surface area contributed by atoms with Gasteiger partial charge in [0, 0.05) is 43.8 Å². The van der Waals surface area contributed by atoms with Crippen molar-refractivity contribution in [2.75, 3.05) is 0 Å². The molecule has 44 heavy (non-hydrogen) atoms. The van der Waals surface area contributed by atoms with Crippen molar-refractivity contribution in [3.05, 3.63) is 96.0 Å². The standard InChI is InChI=1S/C32H17ClN8.2ClH.Cu/c33-23-15-7-14-22-24(23)32-40-30-21-13-6-5-12-20(21)28(38-30)36-26-17-9-2-1-8-16(17)25(34-26)35-27-18-10-3-4-11-19(18)29(37-27)39-31(22)41-32;;;/h1-15H,(H2,34,35,36,37,38,39,40,41);2*1H;/q;;;+2/p-2. The van der Waals surface area contributed by atoms with Crippen LogP contribution in [0.15, 0.2) is 91.0 Å². The van der Waals surface area contributed by atoms with Gasteiger partial charge in [-0.2, -0.15) is 0 Å². The number of benzene rings is 4. The number of halogens is 3. The molecule has 7 aromatic rings. The summed E-state index contributed by atoms with van der Waals surface area (Å²) in [6, 6.07) is 29.7. The molecular formula is C32H17Cl3CuN8. The quantitative estimate of drug-likeness (QED) is 0.155. The normalized spacial score (nSPS) is 11.7. The van der Waals surface area contributed by atoms with E-state index in [0.717, 1.165) is 56.9 Å². The second-order valence-corrected chi connectivity index (χ2v) is 11.9. The molecule has 0 saturated heterocycles. The van der Waals surface area contributed by atoms with Crippen LogP contribution in [0.4, 0.5) is 0 Å². The van der Waals surface area contributed by atoms with Gasteiger partial charge in [0.15, 0.2) is 23.3 Å². The van der Waals surface area contributed by atoms with Gasteiger partial charge in [-0.1, -0.05) is 96.5 Å². The van der Waals surface area contributed by atoms with Crippen molar-refractivity contribution in [1.29, 1.82) is 0 Å². The zero-order chi connectivity index (χ0) is 29.8. The summed E-state index contributed by atoms with van der Waals surface area (Å²) in [6.45, 7) is 0. The van der Waals surface area contributed by atoms with Gasteiger partial charge in [-0.15, -0.1) is 0 Å². The van der Waals surface area contributed by atoms with Crippen LogP contribution in [0.25, 0.3) is 89.7 Å². The molecule has 2 N–H and O–H groups in total. The van der Waals surface area contributed by atoms with E-state index in [4.69, 9.17) is 41.5 Å². The Kier molecular flexibility index (Phi) is 6.78. The number of hydrogen-bond donors (Lipinski definition) is 2. The van der Waals surface area contributed by atoms with Gasteiger partial charge in [0.25, 0.3) is 0 Å². The Labute approximate surface area is 269 Å². The fourth-order valence-electron chi connectivity index (χ4n) is 5.65. The van der Waals surface area contributed by atoms with Gasteiger partial charge in [-0.05, 0) is 6.07 Å². The number of nitrogens with zero attached hydrogens (tertiary/aromatic N) is 6. The second-order valence-electron chi connectivity index (χ2n) is 9.95. The van der Waals surface area contributed by atoms with Gasteiger partial charge in [0.05, 0.1) is 5.02 Å². The first kappa shape index (κ1) is 27.2. The van der Waals surface area contributed by atoms with Crippen LogP contribution in [0.2, 0.25) is 5.02 Å². The maximum atomic E-state index is 6.73. The predicted molar refractivity (Wildman–Crippen MR) is 173 cm³/mol. The summed E-state index contributed by atoms with van der Waals surface area (Å²) in [5.74, 6) is 2.24. The molecule has 217 valence electrons. The number of rotatable bonds is 0. The Morgan fingerprint density at radius 1 is 0.432 bits per heavy atom. The molecule has 5 heterocycles. The van der Waals surface area contributed by atoms with Gasteiger partial charge < -0.3 is 9.97 Å². The van der Waals surface area contributed by atoms with E-state index in [1.54, 1.807) is 0 Å². The van der Waals surface area contributed by atoms with E-state index in [0.29, 0.717) is 50.9 Å². The van der Waals surface area contributed by atoms with Gasteiger partial charge in [0.1, 0.15) is 22.6 Å². The zero-order valence-electron chi connectivity index (χ0n) is 22.3. The van der Waals surface area contributed by atoms with Crippen molar-refractivity contribution in [3.63, 3.8) is 0 Å². The molecule has 0 saturated carbocycles. The summed E-state index contributed by atoms with van der Waals surface area (Å²) in [5.41, 5.74) is 6.09. The zero-order valence-corrected chi connectivity index (χ0v) is 25.5. The molecule has 0 atom stereocenters. The van der Waals surface area contributed by atoms with E-state index in [1.807, 2.05) is 91.0 Å². The van der Waals surface area contributed by atoms with E-state index in [1.165, 1.54) is 0 Å². The Bertz CT molecular complexity index is 2430. The van der Waals surface area contributed by atoms with E-state index >= 15 is 0 Å². The molecular weight excluding hydrogens is 666 g/mol. The van der Waals surface area contributed by atoms with Crippen LogP contribution in [0.3, 0.4) is 0 Å². The molecule has 8 nitrogen and oxygen atoms in total. The number of H-pyrrole nitrogens is 2. The van der Waals surface area contributed by atoms with Crippen LogP contribution in [0, 0.1) is 0 Å². The summed E-state index contributed by atoms with van der Waals surface area (Å²) in [6.07, 6.45) is 0. The van der Waals surface area contributed by atoms with E-state index in [2.05, 4.69) is 30.2 Å². The van der Waals surface area contributed by atoms with Crippen molar-refractivity contribution in [3.8, 4) is 45.6 Å². The van der Waals surface area contributed by atoms with Crippen LogP contribution in [-0.2, 0) is 13.1 Å². The van der Waals surface area contributed by atoms with Crippen LogP contribution >= 0.6 is 31.8 Å². The van der Waals surface area contributed by atoms with Crippen molar-refractivity contribution in [1.82, 2.24) is 39.9 Å². The SMILES string of the molecule is Clc1cccc2c3nc4nc(nc5[nH]c(nc6nc(nc([nH]3)c12)-c1ccccc1-6)c1ccccc51)-c1ccccc1-4.[Cl][Cu][Cl]. The third-order valence-electron chi connectivity index (χ3n) is 7.53. The average molecular weight is 683 g/mol. The summed E-state index contributed by atoms with van der Waals surface area (Å²) < 4.78 is 0. The first-order chi connectivity index (χ1) is 21.6. The number of hydrogen-bond acceptors (Lipinski definition) is 6. The van der Waals surface area contributed by atoms with Crippen LogP contribution in [0.5, 0.6) is 0 Å². The summed E-state index contributed by atoms with van der Waals surface area (Å²) in [5, 5.41) is 4.05. The van der Waals surface area contributed by atoms with Gasteiger partial charge in [0.2, 0.25) is 0 Å². The minimum atomic E-state index is 0.543. The molecule has 0 spiro atoms. The molecule has 9 rings (SSSR count). The molecule has 0 aliphatic carbocycles. The maximum absolute atomic E-state index is 6.73. The summed E-state index contributed by atoms with van der Waals surface area (Å²) in [7, 11) is 9.34. The molecule has 4 aromatic carbocycles. The van der Waals surface area contributed by atoms with Gasteiger partial charge in [-0.25, -0.2) is 29.9 Å². The second kappa shape index (κ2) is 11.0. The third kappa shape index (κ3) is 4.44. The average Bonchev–Trinajstić information content (AvgIpc) is 3.77. The Hall–Kier alpha value is -4.37. The topological polar surface area (TPSA) is 109 Å². The fraction of sp³-hybridized carbons (Fsp3) is 0. The van der Waals surface area contributed by atoms with E-state index < -0.39 is 0 Å². The van der Waals surface area contributed by atoms with E-state index in [9.17, 15) is 0 Å². The number of fused-ring (bicyclic) bond motifs is 20. The minimum absolute atomic E-state index is 0.543. The molecule has 0 radical (unpaired) electrons. The summed E-state index contributed by atoms with van der Waals surface area (Å²) >= 11 is 7.49. The molecule has 0 unspecified atom stereocenters. The monoisotopic (exact) mass is 681 g/mol. The van der Waals surface area contributed by atoms with Crippen molar-refractivity contribution in [2.45, 2.75) is 0 Å². The fourth-order valence-corrected chi connectivity index (χ4v) is 5.91. The molecule has 2 aliphatic heterocycles. The first-order valence-electron chi connectivity index (χ1n) is 13.3. The van der Waals surface area contributed by atoms with Crippen LogP contribution in [0.1, 0.15) is 0 Å². The summed E-state index contributed by atoms with van der Waals surface area (Å²) in [4.78, 5) is 36.6. The Balaban J connectivity index is 0.000000928. The Morgan fingerprint density at radius 3 is 1.27 bits per heavy atom. The molecule has 0 amide bonds. The van der Waals surface area contributed by atoms with Gasteiger partial charge in [-0.3, -0.25) is 0 Å². The Morgan fingerprint density at radius 2 is 0.795 bits per heavy atom. The van der Waals surface area contributed by atoms with Gasteiger partial charge >= 0.3 is 33.3 Å². The third-order valence-corrected chi connectivity index (χ3v) is 7.84. The molecule has 12 heteroatoms. The van der Waals surface area contributed by atoms with Crippen LogP contribution in [-0.4, -0.2) is 39.9 Å². The molecule has 2 aliphatic rings. The number of nitrogens with one attached hydrogen (secondary N) is 2. The predicted octanol–water partition coefficient (Wildman–Crippen LogP) is 8.90. The van der Waals surface area contributed by atoms with Crippen molar-refractivity contribution < 1.29 is 13.1 Å². The van der Waals surface area contributed by atoms with Crippen LogP contribution < -0.4 is 0 Å². The van der Waals surface area contributed by atoms with E-state index in [-0.39, 0.29) is 0 Å². The molecule has 8 bridgehead atoms. The van der Waals surface area contributed by atoms with Crippen molar-refractivity contribution >= 4 is 75.9 Å². The first-order valence-corrected chi connectivity index (χ1v) is 16.3. The number of aromatic amines is 2. The van der Waals surface area contributed by atoms with Crippen molar-refractivity contribution in [2.24, 2.45) is 0 Å². The molecule has 0 fully saturated rings.